The SMILES string of the molecule is COc1ccc(CCNc2c(/C=C3/SC(=S)N(C(C)c4ccccc4)C3=O)c(C)c(C#N)c(=O)n2C)cc1OC. The van der Waals surface area contributed by atoms with Crippen LogP contribution >= 0.6 is 24.0 Å². The number of thioether (sulfide) groups is 1. The van der Waals surface area contributed by atoms with Crippen molar-refractivity contribution >= 4 is 46.1 Å². The average molecular weight is 575 g/mol. The second-order valence-corrected chi connectivity index (χ2v) is 10.9. The molecule has 10 heteroatoms. The molecule has 0 aliphatic carbocycles. The topological polar surface area (TPSA) is 96.6 Å². The number of pyridine rings is 1. The number of hydrogen-bond donors (Lipinski definition) is 1. The molecule has 0 saturated carbocycles. The molecule has 206 valence electrons. The lowest BCUT2D eigenvalue weighted by Crippen LogP contribution is -2.31. The van der Waals surface area contributed by atoms with Gasteiger partial charge in [0.15, 0.2) is 11.5 Å². The van der Waals surface area contributed by atoms with Gasteiger partial charge in [0.1, 0.15) is 21.8 Å². The van der Waals surface area contributed by atoms with Crippen LogP contribution in [0, 0.1) is 18.3 Å². The third kappa shape index (κ3) is 5.62. The number of carbonyl (C=O) groups excluding carboxylic acids is 1. The van der Waals surface area contributed by atoms with Gasteiger partial charge in [-0.15, -0.1) is 0 Å². The fourth-order valence-corrected chi connectivity index (χ4v) is 6.03. The number of aromatic nitrogens is 1. The zero-order chi connectivity index (χ0) is 29.0. The molecule has 1 atom stereocenters. The van der Waals surface area contributed by atoms with Gasteiger partial charge in [-0.25, -0.2) is 0 Å². The highest BCUT2D eigenvalue weighted by molar-refractivity contribution is 8.26. The number of anilines is 1. The number of nitrogens with one attached hydrogen (secondary N) is 1. The minimum Gasteiger partial charge on any atom is -0.493 e. The van der Waals surface area contributed by atoms with Crippen molar-refractivity contribution < 1.29 is 14.3 Å². The molecule has 0 bridgehead atoms. The standard InChI is InChI=1S/C30H30N4O4S2/c1-18-22(16-26-29(36)34(30(39)40-26)19(2)21-9-7-6-8-10-21)27(33(3)28(35)23(18)17-31)32-14-13-20-11-12-24(37-4)25(15-20)38-5/h6-12,15-16,19,32H,13-14H2,1-5H3/b26-16+. The molecule has 1 N–H and O–H groups in total. The van der Waals surface area contributed by atoms with Gasteiger partial charge in [-0.2, -0.15) is 5.26 Å². The summed E-state index contributed by atoms with van der Waals surface area (Å²) in [5.41, 5.74) is 2.71. The summed E-state index contributed by atoms with van der Waals surface area (Å²) in [5, 5.41) is 13.1. The van der Waals surface area contributed by atoms with Gasteiger partial charge in [-0.1, -0.05) is 60.4 Å². The zero-order valence-corrected chi connectivity index (χ0v) is 24.6. The molecular formula is C30H30N4O4S2. The second kappa shape index (κ2) is 12.4. The van der Waals surface area contributed by atoms with Crippen LogP contribution in [-0.4, -0.2) is 40.5 Å². The summed E-state index contributed by atoms with van der Waals surface area (Å²) in [6.07, 6.45) is 2.36. The Morgan fingerprint density at radius 2 is 1.82 bits per heavy atom. The van der Waals surface area contributed by atoms with E-state index in [0.29, 0.717) is 50.6 Å². The number of ether oxygens (including phenoxy) is 2. The van der Waals surface area contributed by atoms with Gasteiger partial charge in [0.05, 0.1) is 25.2 Å². The third-order valence-corrected chi connectivity index (χ3v) is 8.25. The van der Waals surface area contributed by atoms with Crippen LogP contribution in [0.25, 0.3) is 6.08 Å². The number of benzene rings is 2. The average Bonchev–Trinajstić information content (AvgIpc) is 3.25. The van der Waals surface area contributed by atoms with Crippen LogP contribution in [0.4, 0.5) is 5.82 Å². The lowest BCUT2D eigenvalue weighted by molar-refractivity contribution is -0.123. The zero-order valence-electron chi connectivity index (χ0n) is 23.0. The number of thiocarbonyl (C=S) groups is 1. The van der Waals surface area contributed by atoms with Crippen molar-refractivity contribution in [1.29, 1.82) is 5.26 Å². The summed E-state index contributed by atoms with van der Waals surface area (Å²) in [7, 11) is 4.79. The van der Waals surface area contributed by atoms with E-state index < -0.39 is 5.56 Å². The van der Waals surface area contributed by atoms with Crippen molar-refractivity contribution in [2.24, 2.45) is 7.05 Å². The lowest BCUT2D eigenvalue weighted by atomic mass is 10.0. The molecule has 0 radical (unpaired) electrons. The molecule has 40 heavy (non-hydrogen) atoms. The maximum Gasteiger partial charge on any atom is 0.270 e. The van der Waals surface area contributed by atoms with Crippen LogP contribution in [0.2, 0.25) is 0 Å². The molecule has 1 saturated heterocycles. The Balaban J connectivity index is 1.67. The highest BCUT2D eigenvalue weighted by atomic mass is 32.2. The summed E-state index contributed by atoms with van der Waals surface area (Å²) in [5.74, 6) is 1.58. The molecule has 2 aromatic carbocycles. The number of amides is 1. The summed E-state index contributed by atoms with van der Waals surface area (Å²) >= 11 is 6.81. The van der Waals surface area contributed by atoms with Crippen LogP contribution in [-0.2, 0) is 18.3 Å². The van der Waals surface area contributed by atoms with Crippen LogP contribution in [0.15, 0.2) is 58.2 Å². The molecule has 1 fully saturated rings. The first-order valence-corrected chi connectivity index (χ1v) is 13.8. The summed E-state index contributed by atoms with van der Waals surface area (Å²) in [4.78, 5) is 28.6. The van der Waals surface area contributed by atoms with E-state index in [1.54, 1.807) is 39.2 Å². The van der Waals surface area contributed by atoms with Crippen LogP contribution in [0.5, 0.6) is 11.5 Å². The number of nitriles is 1. The smallest absolute Gasteiger partial charge is 0.270 e. The predicted octanol–water partition coefficient (Wildman–Crippen LogP) is 5.20. The minimum atomic E-state index is -0.406. The first-order chi connectivity index (χ1) is 19.2. The summed E-state index contributed by atoms with van der Waals surface area (Å²) in [6.45, 7) is 4.15. The van der Waals surface area contributed by atoms with Gasteiger partial charge in [0.2, 0.25) is 0 Å². The van der Waals surface area contributed by atoms with Gasteiger partial charge >= 0.3 is 0 Å². The molecular weight excluding hydrogens is 544 g/mol. The number of carbonyl (C=O) groups is 1. The molecule has 1 aromatic heterocycles. The first-order valence-electron chi connectivity index (χ1n) is 12.6. The Morgan fingerprint density at radius 3 is 2.48 bits per heavy atom. The molecule has 4 rings (SSSR count). The molecule has 1 aliphatic rings. The summed E-state index contributed by atoms with van der Waals surface area (Å²) in [6, 6.07) is 17.2. The van der Waals surface area contributed by atoms with E-state index in [4.69, 9.17) is 21.7 Å². The Labute approximate surface area is 243 Å². The van der Waals surface area contributed by atoms with E-state index in [0.717, 1.165) is 11.1 Å². The molecule has 0 spiro atoms. The second-order valence-electron chi connectivity index (χ2n) is 9.24. The Bertz CT molecular complexity index is 1590. The molecule has 1 aliphatic heterocycles. The van der Waals surface area contributed by atoms with E-state index >= 15 is 0 Å². The predicted molar refractivity (Wildman–Crippen MR) is 163 cm³/mol. The van der Waals surface area contributed by atoms with E-state index in [1.807, 2.05) is 61.5 Å². The van der Waals surface area contributed by atoms with Crippen molar-refractivity contribution in [2.45, 2.75) is 26.3 Å². The number of hydrogen-bond acceptors (Lipinski definition) is 8. The Kier molecular flexibility index (Phi) is 8.97. The number of rotatable bonds is 9. The van der Waals surface area contributed by atoms with Gasteiger partial charge in [-0.3, -0.25) is 19.1 Å². The highest BCUT2D eigenvalue weighted by Gasteiger charge is 2.36. The normalized spacial score (nSPS) is 14.8. The van der Waals surface area contributed by atoms with Crippen molar-refractivity contribution in [3.63, 3.8) is 0 Å². The largest absolute Gasteiger partial charge is 0.493 e. The quantitative estimate of drug-likeness (QED) is 0.275. The van der Waals surface area contributed by atoms with Gasteiger partial charge < -0.3 is 14.8 Å². The maximum atomic E-state index is 13.5. The van der Waals surface area contributed by atoms with E-state index in [1.165, 1.54) is 16.3 Å². The van der Waals surface area contributed by atoms with Gasteiger partial charge in [0.25, 0.3) is 11.5 Å². The number of nitrogens with zero attached hydrogens (tertiary/aromatic N) is 3. The van der Waals surface area contributed by atoms with Crippen molar-refractivity contribution in [3.05, 3.63) is 91.6 Å². The van der Waals surface area contributed by atoms with Gasteiger partial charge in [0, 0.05) is 19.2 Å². The molecule has 2 heterocycles. The van der Waals surface area contributed by atoms with Gasteiger partial charge in [-0.05, 0) is 55.2 Å². The summed E-state index contributed by atoms with van der Waals surface area (Å²) < 4.78 is 12.6. The van der Waals surface area contributed by atoms with E-state index in [-0.39, 0.29) is 17.5 Å². The fraction of sp³-hybridized carbons (Fsp3) is 0.267. The fourth-order valence-electron chi connectivity index (χ4n) is 4.63. The lowest BCUT2D eigenvalue weighted by Gasteiger charge is -2.23. The molecule has 1 amide bonds. The van der Waals surface area contributed by atoms with Crippen molar-refractivity contribution in [1.82, 2.24) is 9.47 Å². The Morgan fingerprint density at radius 1 is 1.12 bits per heavy atom. The van der Waals surface area contributed by atoms with Crippen LogP contribution in [0.1, 0.15) is 40.8 Å². The molecule has 3 aromatic rings. The monoisotopic (exact) mass is 574 g/mol. The first kappa shape index (κ1) is 28.9. The molecule has 8 nitrogen and oxygen atoms in total. The Hall–Kier alpha value is -4.07. The minimum absolute atomic E-state index is 0.0346. The number of methoxy groups -OCH3 is 2. The van der Waals surface area contributed by atoms with Crippen LogP contribution in [0.3, 0.4) is 0 Å². The van der Waals surface area contributed by atoms with Crippen molar-refractivity contribution in [3.8, 4) is 17.6 Å². The van der Waals surface area contributed by atoms with E-state index in [2.05, 4.69) is 5.32 Å². The third-order valence-electron chi connectivity index (χ3n) is 6.92. The van der Waals surface area contributed by atoms with E-state index in [9.17, 15) is 14.9 Å². The van der Waals surface area contributed by atoms with Crippen molar-refractivity contribution in [2.75, 3.05) is 26.1 Å². The highest BCUT2D eigenvalue weighted by Crippen LogP contribution is 2.39. The van der Waals surface area contributed by atoms with Crippen LogP contribution < -0.4 is 20.3 Å². The molecule has 1 unspecified atom stereocenters. The maximum absolute atomic E-state index is 13.5.